The van der Waals surface area contributed by atoms with Gasteiger partial charge in [0.25, 0.3) is 0 Å². The minimum absolute atomic E-state index is 0.103. The van der Waals surface area contributed by atoms with Crippen molar-refractivity contribution in [1.29, 1.82) is 0 Å². The van der Waals surface area contributed by atoms with Crippen LogP contribution < -0.4 is 18.9 Å². The molecule has 0 saturated heterocycles. The highest BCUT2D eigenvalue weighted by atomic mass is 16.6. The predicted octanol–water partition coefficient (Wildman–Crippen LogP) is 9.80. The van der Waals surface area contributed by atoms with E-state index in [0.717, 1.165) is 45.5 Å². The molecular formula is C48H42O8. The Labute approximate surface area is 327 Å². The van der Waals surface area contributed by atoms with E-state index < -0.39 is 24.1 Å². The fraction of sp³-hybridized carbons (Fsp3) is 0.125. The van der Waals surface area contributed by atoms with Crippen molar-refractivity contribution < 1.29 is 38.0 Å². The first-order valence-corrected chi connectivity index (χ1v) is 18.2. The summed E-state index contributed by atoms with van der Waals surface area (Å²) in [7, 11) is 0. The Balaban J connectivity index is 1.13. The second-order valence-corrected chi connectivity index (χ2v) is 12.5. The molecule has 0 aliphatic rings. The van der Waals surface area contributed by atoms with Gasteiger partial charge in [0.15, 0.2) is 12.2 Å². The van der Waals surface area contributed by atoms with Gasteiger partial charge >= 0.3 is 11.9 Å². The van der Waals surface area contributed by atoms with Crippen LogP contribution in [-0.2, 0) is 19.1 Å². The molecular weight excluding hydrogens is 705 g/mol. The highest BCUT2D eigenvalue weighted by molar-refractivity contribution is 5.91. The number of benzene rings is 6. The van der Waals surface area contributed by atoms with Gasteiger partial charge in [0.2, 0.25) is 0 Å². The summed E-state index contributed by atoms with van der Waals surface area (Å²) in [5.41, 5.74) is 6.26. The van der Waals surface area contributed by atoms with Crippen molar-refractivity contribution in [2.24, 2.45) is 0 Å². The molecule has 6 aromatic rings. The van der Waals surface area contributed by atoms with Gasteiger partial charge in [-0.15, -0.1) is 0 Å². The lowest BCUT2D eigenvalue weighted by Crippen LogP contribution is -2.30. The van der Waals surface area contributed by atoms with Crippen LogP contribution in [0.5, 0.6) is 23.0 Å². The van der Waals surface area contributed by atoms with E-state index >= 15 is 0 Å². The summed E-state index contributed by atoms with van der Waals surface area (Å²) in [6, 6.07) is 50.8. The Hall–Kier alpha value is -7.06. The third kappa shape index (κ3) is 11.0. The van der Waals surface area contributed by atoms with Gasteiger partial charge in [0.1, 0.15) is 49.4 Å². The average Bonchev–Trinajstić information content (AvgIpc) is 3.26. The molecule has 56 heavy (non-hydrogen) atoms. The zero-order chi connectivity index (χ0) is 39.0. The first kappa shape index (κ1) is 38.7. The van der Waals surface area contributed by atoms with E-state index in [4.69, 9.17) is 28.4 Å². The summed E-state index contributed by atoms with van der Waals surface area (Å²) < 4.78 is 34.7. The van der Waals surface area contributed by atoms with Crippen molar-refractivity contribution in [2.45, 2.75) is 12.2 Å². The number of para-hydroxylation sites is 2. The van der Waals surface area contributed by atoms with Crippen molar-refractivity contribution in [1.82, 2.24) is 0 Å². The molecule has 0 heterocycles. The summed E-state index contributed by atoms with van der Waals surface area (Å²) in [6.45, 7) is 7.46. The van der Waals surface area contributed by atoms with E-state index in [1.807, 2.05) is 133 Å². The SMILES string of the molecule is C=CC(=O)OC(COc1ccccc1)COc1ccc(-c2ccccc2-c2ccccc2-c2ccc(OCC(COc3ccccc3)OC(=O)C=C)cc2)cc1. The summed E-state index contributed by atoms with van der Waals surface area (Å²) >= 11 is 0. The first-order valence-electron chi connectivity index (χ1n) is 18.2. The quantitative estimate of drug-likeness (QED) is 0.0598. The zero-order valence-electron chi connectivity index (χ0n) is 30.8. The van der Waals surface area contributed by atoms with Gasteiger partial charge in [-0.3, -0.25) is 0 Å². The van der Waals surface area contributed by atoms with Crippen LogP contribution >= 0.6 is 0 Å². The Morgan fingerprint density at radius 3 is 1.00 bits per heavy atom. The smallest absolute Gasteiger partial charge is 0.330 e. The number of carbonyl (C=O) groups is 2. The molecule has 8 nitrogen and oxygen atoms in total. The van der Waals surface area contributed by atoms with Crippen molar-refractivity contribution >= 4 is 11.9 Å². The van der Waals surface area contributed by atoms with E-state index in [1.54, 1.807) is 0 Å². The molecule has 2 unspecified atom stereocenters. The van der Waals surface area contributed by atoms with Crippen molar-refractivity contribution in [3.63, 3.8) is 0 Å². The first-order chi connectivity index (χ1) is 27.5. The topological polar surface area (TPSA) is 89.5 Å². The normalized spacial score (nSPS) is 11.6. The Bertz CT molecular complexity index is 2020. The molecule has 0 spiro atoms. The van der Waals surface area contributed by atoms with Gasteiger partial charge < -0.3 is 28.4 Å². The second-order valence-electron chi connectivity index (χ2n) is 12.5. The molecule has 0 N–H and O–H groups in total. The largest absolute Gasteiger partial charge is 0.490 e. The van der Waals surface area contributed by atoms with Crippen LogP contribution in [0.1, 0.15) is 0 Å². The maximum Gasteiger partial charge on any atom is 0.330 e. The van der Waals surface area contributed by atoms with Crippen LogP contribution in [0.2, 0.25) is 0 Å². The van der Waals surface area contributed by atoms with Crippen LogP contribution in [0.15, 0.2) is 183 Å². The van der Waals surface area contributed by atoms with Crippen LogP contribution in [0.3, 0.4) is 0 Å². The van der Waals surface area contributed by atoms with Crippen LogP contribution in [0, 0.1) is 0 Å². The highest BCUT2D eigenvalue weighted by Gasteiger charge is 2.18. The summed E-state index contributed by atoms with van der Waals surface area (Å²) in [4.78, 5) is 24.0. The number of hydrogen-bond acceptors (Lipinski definition) is 8. The third-order valence-electron chi connectivity index (χ3n) is 8.60. The molecule has 0 aromatic heterocycles. The molecule has 0 saturated carbocycles. The van der Waals surface area contributed by atoms with E-state index in [1.165, 1.54) is 0 Å². The van der Waals surface area contributed by atoms with Gasteiger partial charge in [-0.2, -0.15) is 0 Å². The van der Waals surface area contributed by atoms with Crippen molar-refractivity contribution in [2.75, 3.05) is 26.4 Å². The number of carbonyl (C=O) groups excluding carboxylic acids is 2. The molecule has 6 rings (SSSR count). The van der Waals surface area contributed by atoms with E-state index in [-0.39, 0.29) is 26.4 Å². The Morgan fingerprint density at radius 2 is 0.679 bits per heavy atom. The average molecular weight is 747 g/mol. The fourth-order valence-electron chi connectivity index (χ4n) is 5.85. The molecule has 0 fully saturated rings. The minimum atomic E-state index is -0.642. The van der Waals surface area contributed by atoms with Crippen molar-refractivity contribution in [3.8, 4) is 56.4 Å². The number of hydrogen-bond donors (Lipinski definition) is 0. The molecule has 8 heteroatoms. The lowest BCUT2D eigenvalue weighted by molar-refractivity contribution is -0.147. The van der Waals surface area contributed by atoms with Crippen LogP contribution in [0.25, 0.3) is 33.4 Å². The predicted molar refractivity (Wildman–Crippen MR) is 218 cm³/mol. The van der Waals surface area contributed by atoms with Gasteiger partial charge in [-0.25, -0.2) is 9.59 Å². The maximum absolute atomic E-state index is 12.0. The number of ether oxygens (including phenoxy) is 6. The zero-order valence-corrected chi connectivity index (χ0v) is 30.8. The van der Waals surface area contributed by atoms with Gasteiger partial charge in [-0.05, 0) is 81.9 Å². The van der Waals surface area contributed by atoms with Gasteiger partial charge in [-0.1, -0.05) is 122 Å². The maximum atomic E-state index is 12.0. The van der Waals surface area contributed by atoms with Crippen molar-refractivity contribution in [3.05, 3.63) is 183 Å². The van der Waals surface area contributed by atoms with Gasteiger partial charge in [0, 0.05) is 12.2 Å². The third-order valence-corrected chi connectivity index (χ3v) is 8.60. The molecule has 0 radical (unpaired) electrons. The van der Waals surface area contributed by atoms with E-state index in [9.17, 15) is 9.59 Å². The summed E-state index contributed by atoms with van der Waals surface area (Å²) in [5, 5.41) is 0. The Kier molecular flexibility index (Phi) is 13.7. The molecule has 0 amide bonds. The number of rotatable bonds is 19. The Morgan fingerprint density at radius 1 is 0.393 bits per heavy atom. The number of esters is 2. The summed E-state index contributed by atoms with van der Waals surface area (Å²) in [6.07, 6.45) is 0.961. The lowest BCUT2D eigenvalue weighted by Gasteiger charge is -2.19. The molecule has 0 bridgehead atoms. The minimum Gasteiger partial charge on any atom is -0.490 e. The molecule has 0 aliphatic carbocycles. The fourth-order valence-corrected chi connectivity index (χ4v) is 5.85. The highest BCUT2D eigenvalue weighted by Crippen LogP contribution is 2.39. The summed E-state index contributed by atoms with van der Waals surface area (Å²) in [5.74, 6) is 1.50. The molecule has 282 valence electrons. The molecule has 0 aliphatic heterocycles. The molecule has 2 atom stereocenters. The second kappa shape index (κ2) is 19.9. The monoisotopic (exact) mass is 746 g/mol. The van der Waals surface area contributed by atoms with Crippen LogP contribution in [-0.4, -0.2) is 50.6 Å². The molecule has 6 aromatic carbocycles. The standard InChI is InChI=1S/C48H42O8/c1-3-47(49)55-41(31-51-37-15-7-5-8-16-37)33-53-39-27-23-35(24-28-39)43-19-11-13-21-45(43)46-22-14-12-20-44(46)36-25-29-40(30-26-36)54-34-42(56-48(50)4-2)32-52-38-17-9-6-10-18-38/h3-30,41-42H,1-2,31-34H2. The van der Waals surface area contributed by atoms with Crippen LogP contribution in [0.4, 0.5) is 0 Å². The lowest BCUT2D eigenvalue weighted by atomic mass is 9.89. The van der Waals surface area contributed by atoms with E-state index in [2.05, 4.69) is 37.4 Å². The van der Waals surface area contributed by atoms with E-state index in [0.29, 0.717) is 23.0 Å². The van der Waals surface area contributed by atoms with Gasteiger partial charge in [0.05, 0.1) is 0 Å².